The van der Waals surface area contributed by atoms with E-state index >= 15 is 0 Å². The van der Waals surface area contributed by atoms with Crippen LogP contribution in [0.25, 0.3) is 5.65 Å². The molecule has 162 valence electrons. The molecule has 2 N–H and O–H groups in total. The Balaban J connectivity index is 1.33. The Labute approximate surface area is 181 Å². The predicted octanol–water partition coefficient (Wildman–Crippen LogP) is 3.00. The first-order valence-corrected chi connectivity index (χ1v) is 9.90. The minimum absolute atomic E-state index is 0.0272. The van der Waals surface area contributed by atoms with Gasteiger partial charge in [-0.3, -0.25) is 19.6 Å². The molecular weight excluding hydrogens is 417 g/mol. The second kappa shape index (κ2) is 7.76. The van der Waals surface area contributed by atoms with Crippen molar-refractivity contribution in [3.63, 3.8) is 0 Å². The molecule has 1 aromatic carbocycles. The van der Waals surface area contributed by atoms with Crippen LogP contribution in [0.1, 0.15) is 23.3 Å². The van der Waals surface area contributed by atoms with Gasteiger partial charge in [0.1, 0.15) is 23.0 Å². The largest absolute Gasteiger partial charge is 0.456 e. The second-order valence-corrected chi connectivity index (χ2v) is 7.40. The van der Waals surface area contributed by atoms with Gasteiger partial charge in [0.2, 0.25) is 11.9 Å². The Hall–Kier alpha value is -4.28. The lowest BCUT2D eigenvalue weighted by molar-refractivity contribution is -0.117. The molecule has 2 amide bonds. The van der Waals surface area contributed by atoms with E-state index in [0.29, 0.717) is 17.1 Å². The molecule has 32 heavy (non-hydrogen) atoms. The van der Waals surface area contributed by atoms with Crippen LogP contribution in [0.3, 0.4) is 0 Å². The van der Waals surface area contributed by atoms with Gasteiger partial charge in [0.05, 0.1) is 11.9 Å². The summed E-state index contributed by atoms with van der Waals surface area (Å²) in [4.78, 5) is 28.5. The number of carbonyl (C=O) groups excluding carboxylic acids is 2. The highest BCUT2D eigenvalue weighted by Crippen LogP contribution is 2.30. The van der Waals surface area contributed by atoms with Gasteiger partial charge in [0.25, 0.3) is 5.91 Å². The van der Waals surface area contributed by atoms with Crippen molar-refractivity contribution >= 4 is 29.1 Å². The number of fused-ring (bicyclic) bond motifs is 1. The number of halogens is 1. The highest BCUT2D eigenvalue weighted by molar-refractivity contribution is 6.03. The van der Waals surface area contributed by atoms with Crippen LogP contribution < -0.4 is 15.4 Å². The van der Waals surface area contributed by atoms with E-state index in [2.05, 4.69) is 25.8 Å². The molecular formula is C21H18FN7O3. The fourth-order valence-electron chi connectivity index (χ4n) is 3.12. The maximum Gasteiger partial charge on any atom is 0.273 e. The summed E-state index contributed by atoms with van der Waals surface area (Å²) in [7, 11) is 1.62. The highest BCUT2D eigenvalue weighted by atomic mass is 19.1. The Kier molecular flexibility index (Phi) is 4.77. The molecule has 1 saturated carbocycles. The average Bonchev–Trinajstić information content (AvgIpc) is 3.41. The third kappa shape index (κ3) is 4.00. The van der Waals surface area contributed by atoms with Crippen molar-refractivity contribution in [1.82, 2.24) is 24.4 Å². The molecule has 1 fully saturated rings. The normalized spacial score (nSPS) is 13.2. The lowest BCUT2D eigenvalue weighted by atomic mass is 10.2. The number of rotatable bonds is 6. The Bertz CT molecular complexity index is 1340. The number of amides is 2. The van der Waals surface area contributed by atoms with Crippen molar-refractivity contribution in [3.8, 4) is 11.5 Å². The number of ether oxygens (including phenoxy) is 1. The van der Waals surface area contributed by atoms with Crippen molar-refractivity contribution in [2.45, 2.75) is 12.8 Å². The maximum atomic E-state index is 14.2. The van der Waals surface area contributed by atoms with Gasteiger partial charge >= 0.3 is 0 Å². The molecule has 0 unspecified atom stereocenters. The molecule has 0 spiro atoms. The van der Waals surface area contributed by atoms with Crippen molar-refractivity contribution in [3.05, 3.63) is 60.3 Å². The van der Waals surface area contributed by atoms with E-state index in [1.165, 1.54) is 39.7 Å². The third-order valence-electron chi connectivity index (χ3n) is 4.96. The molecule has 0 bridgehead atoms. The molecule has 1 aliphatic carbocycles. The third-order valence-corrected chi connectivity index (χ3v) is 4.96. The van der Waals surface area contributed by atoms with Gasteiger partial charge in [0, 0.05) is 25.2 Å². The number of nitrogens with zero attached hydrogens (tertiary/aromatic N) is 5. The zero-order valence-electron chi connectivity index (χ0n) is 16.9. The van der Waals surface area contributed by atoms with Crippen LogP contribution in [0.2, 0.25) is 0 Å². The number of pyridine rings is 1. The zero-order chi connectivity index (χ0) is 22.2. The maximum absolute atomic E-state index is 14.2. The molecule has 10 nitrogen and oxygen atoms in total. The van der Waals surface area contributed by atoms with Crippen molar-refractivity contribution in [2.75, 3.05) is 10.6 Å². The lowest BCUT2D eigenvalue weighted by Gasteiger charge is -2.10. The van der Waals surface area contributed by atoms with Gasteiger partial charge in [-0.1, -0.05) is 0 Å². The van der Waals surface area contributed by atoms with Crippen LogP contribution in [-0.4, -0.2) is 36.2 Å². The molecule has 0 atom stereocenters. The fraction of sp³-hybridized carbons (Fsp3) is 0.190. The molecule has 4 aromatic rings. The van der Waals surface area contributed by atoms with Crippen LogP contribution in [0, 0.1) is 11.7 Å². The Morgan fingerprint density at radius 2 is 1.94 bits per heavy atom. The Morgan fingerprint density at radius 1 is 1.12 bits per heavy atom. The van der Waals surface area contributed by atoms with Crippen LogP contribution >= 0.6 is 0 Å². The molecule has 0 radical (unpaired) electrons. The van der Waals surface area contributed by atoms with E-state index in [4.69, 9.17) is 4.74 Å². The van der Waals surface area contributed by atoms with Gasteiger partial charge in [0.15, 0.2) is 5.65 Å². The first-order valence-electron chi connectivity index (χ1n) is 9.90. The van der Waals surface area contributed by atoms with E-state index in [9.17, 15) is 14.0 Å². The van der Waals surface area contributed by atoms with Crippen molar-refractivity contribution in [2.24, 2.45) is 13.0 Å². The summed E-state index contributed by atoms with van der Waals surface area (Å²) in [5, 5.41) is 13.4. The number of carbonyl (C=O) groups is 2. The molecule has 3 heterocycles. The summed E-state index contributed by atoms with van der Waals surface area (Å²) < 4.78 is 22.9. The molecule has 5 rings (SSSR count). The molecule has 1 aliphatic rings. The van der Waals surface area contributed by atoms with Crippen LogP contribution in [0.4, 0.5) is 16.0 Å². The van der Waals surface area contributed by atoms with Gasteiger partial charge in [-0.15, -0.1) is 5.10 Å². The average molecular weight is 435 g/mol. The van der Waals surface area contributed by atoms with Crippen LogP contribution in [-0.2, 0) is 11.8 Å². The van der Waals surface area contributed by atoms with Gasteiger partial charge in [-0.2, -0.15) is 10.1 Å². The topological polar surface area (TPSA) is 115 Å². The summed E-state index contributed by atoms with van der Waals surface area (Å²) in [6.07, 6.45) is 4.85. The van der Waals surface area contributed by atoms with Gasteiger partial charge < -0.3 is 10.1 Å². The lowest BCUT2D eigenvalue weighted by Crippen LogP contribution is -2.16. The van der Waals surface area contributed by atoms with Crippen LogP contribution in [0.15, 0.2) is 48.8 Å². The zero-order valence-corrected chi connectivity index (χ0v) is 16.9. The van der Waals surface area contributed by atoms with E-state index in [1.54, 1.807) is 25.4 Å². The minimum Gasteiger partial charge on any atom is -0.456 e. The summed E-state index contributed by atoms with van der Waals surface area (Å²) in [5.74, 6) is -0.176. The number of hydrogen-bond donors (Lipinski definition) is 2. The van der Waals surface area contributed by atoms with E-state index in [1.807, 2.05) is 0 Å². The molecule has 11 heteroatoms. The SMILES string of the molecule is Cn1nccc1C(=O)Nc1cc(Oc2ccc3nc(NC(=O)C4CC4)nn3c2)ccc1F. The quantitative estimate of drug-likeness (QED) is 0.481. The van der Waals surface area contributed by atoms with Crippen molar-refractivity contribution < 1.29 is 18.7 Å². The number of anilines is 2. The molecule has 3 aromatic heterocycles. The summed E-state index contributed by atoms with van der Waals surface area (Å²) in [5.41, 5.74) is 0.796. The molecule has 0 aliphatic heterocycles. The first-order chi connectivity index (χ1) is 15.5. The number of nitrogens with one attached hydrogen (secondary N) is 2. The van der Waals surface area contributed by atoms with E-state index in [0.717, 1.165) is 12.8 Å². The summed E-state index contributed by atoms with van der Waals surface area (Å²) >= 11 is 0. The highest BCUT2D eigenvalue weighted by Gasteiger charge is 2.30. The first kappa shape index (κ1) is 19.7. The molecule has 0 saturated heterocycles. The van der Waals surface area contributed by atoms with E-state index in [-0.39, 0.29) is 29.2 Å². The summed E-state index contributed by atoms with van der Waals surface area (Å²) in [6, 6.07) is 8.92. The second-order valence-electron chi connectivity index (χ2n) is 7.40. The Morgan fingerprint density at radius 3 is 2.69 bits per heavy atom. The number of hydrogen-bond acceptors (Lipinski definition) is 6. The smallest absolute Gasteiger partial charge is 0.273 e. The predicted molar refractivity (Wildman–Crippen MR) is 112 cm³/mol. The number of aryl methyl sites for hydroxylation is 1. The van der Waals surface area contributed by atoms with E-state index < -0.39 is 11.7 Å². The fourth-order valence-corrected chi connectivity index (χ4v) is 3.12. The minimum atomic E-state index is -0.601. The number of aromatic nitrogens is 5. The van der Waals surface area contributed by atoms with Gasteiger partial charge in [-0.05, 0) is 43.2 Å². The summed E-state index contributed by atoms with van der Waals surface area (Å²) in [6.45, 7) is 0. The van der Waals surface area contributed by atoms with Crippen molar-refractivity contribution in [1.29, 1.82) is 0 Å². The van der Waals surface area contributed by atoms with Gasteiger partial charge in [-0.25, -0.2) is 8.91 Å². The van der Waals surface area contributed by atoms with Crippen LogP contribution in [0.5, 0.6) is 11.5 Å². The number of benzene rings is 1. The monoisotopic (exact) mass is 435 g/mol. The standard InChI is InChI=1S/C21H18FN7O3/c1-28-17(8-9-23-28)20(31)24-16-10-13(4-6-15(16)22)32-14-5-7-18-25-21(27-29(18)11-14)26-19(30)12-2-3-12/h4-12H,2-3H2,1H3,(H,24,31)(H,26,27,30).